The highest BCUT2D eigenvalue weighted by Crippen LogP contribution is 2.32. The molecular formula is C16H14N2O5. The first kappa shape index (κ1) is 14.7. The number of benzene rings is 2. The Bertz CT molecular complexity index is 788. The molecule has 2 aromatic carbocycles. The van der Waals surface area contributed by atoms with Crippen LogP contribution in [0, 0.1) is 6.92 Å². The minimum Gasteiger partial charge on any atom is -0.507 e. The van der Waals surface area contributed by atoms with Crippen molar-refractivity contribution in [3.05, 3.63) is 53.1 Å². The second kappa shape index (κ2) is 5.88. The quantitative estimate of drug-likeness (QED) is 0.730. The Kier molecular flexibility index (Phi) is 3.76. The molecule has 7 heteroatoms. The summed E-state index contributed by atoms with van der Waals surface area (Å²) in [6, 6.07) is 9.32. The predicted molar refractivity (Wildman–Crippen MR) is 80.3 cm³/mol. The van der Waals surface area contributed by atoms with Crippen molar-refractivity contribution in [2.75, 3.05) is 6.79 Å². The molecule has 0 saturated heterocycles. The van der Waals surface area contributed by atoms with E-state index >= 15 is 0 Å². The van der Waals surface area contributed by atoms with Crippen molar-refractivity contribution >= 4 is 11.8 Å². The average molecular weight is 314 g/mol. The summed E-state index contributed by atoms with van der Waals surface area (Å²) in [4.78, 5) is 24.1. The van der Waals surface area contributed by atoms with Crippen LogP contribution in [-0.2, 0) is 0 Å². The Hall–Kier alpha value is -3.22. The van der Waals surface area contributed by atoms with E-state index in [1.165, 1.54) is 18.2 Å². The van der Waals surface area contributed by atoms with Gasteiger partial charge >= 0.3 is 0 Å². The zero-order valence-electron chi connectivity index (χ0n) is 12.3. The van der Waals surface area contributed by atoms with Crippen LogP contribution in [0.3, 0.4) is 0 Å². The van der Waals surface area contributed by atoms with E-state index in [9.17, 15) is 14.7 Å². The van der Waals surface area contributed by atoms with Crippen LogP contribution in [0.15, 0.2) is 36.4 Å². The van der Waals surface area contributed by atoms with Gasteiger partial charge in [0.2, 0.25) is 6.79 Å². The first-order valence-electron chi connectivity index (χ1n) is 6.84. The van der Waals surface area contributed by atoms with Crippen molar-refractivity contribution in [1.29, 1.82) is 0 Å². The second-order valence-electron chi connectivity index (χ2n) is 5.00. The highest BCUT2D eigenvalue weighted by Gasteiger charge is 2.17. The van der Waals surface area contributed by atoms with Gasteiger partial charge in [0, 0.05) is 5.56 Å². The summed E-state index contributed by atoms with van der Waals surface area (Å²) < 4.78 is 10.4. The van der Waals surface area contributed by atoms with E-state index in [1.54, 1.807) is 25.1 Å². The Morgan fingerprint density at radius 1 is 1.00 bits per heavy atom. The Morgan fingerprint density at radius 2 is 1.74 bits per heavy atom. The number of ether oxygens (including phenoxy) is 2. The van der Waals surface area contributed by atoms with Crippen molar-refractivity contribution in [2.45, 2.75) is 6.92 Å². The van der Waals surface area contributed by atoms with Gasteiger partial charge in [0.1, 0.15) is 5.75 Å². The number of rotatable bonds is 2. The zero-order valence-corrected chi connectivity index (χ0v) is 12.3. The van der Waals surface area contributed by atoms with Gasteiger partial charge in [-0.1, -0.05) is 11.6 Å². The van der Waals surface area contributed by atoms with E-state index in [0.717, 1.165) is 5.56 Å². The average Bonchev–Trinajstić information content (AvgIpc) is 3.02. The molecular weight excluding hydrogens is 300 g/mol. The van der Waals surface area contributed by atoms with Crippen LogP contribution >= 0.6 is 0 Å². The fraction of sp³-hybridized carbons (Fsp3) is 0.125. The van der Waals surface area contributed by atoms with Gasteiger partial charge in [-0.15, -0.1) is 0 Å². The monoisotopic (exact) mass is 314 g/mol. The molecule has 2 aromatic rings. The molecule has 0 aliphatic carbocycles. The predicted octanol–water partition coefficient (Wildman–Crippen LogP) is 1.50. The minimum absolute atomic E-state index is 0.0796. The van der Waals surface area contributed by atoms with Gasteiger partial charge in [-0.05, 0) is 37.3 Å². The molecule has 0 fully saturated rings. The maximum atomic E-state index is 12.0. The van der Waals surface area contributed by atoms with Gasteiger partial charge in [-0.3, -0.25) is 20.4 Å². The van der Waals surface area contributed by atoms with Crippen LogP contribution in [0.5, 0.6) is 17.2 Å². The van der Waals surface area contributed by atoms with Crippen LogP contribution in [0.25, 0.3) is 0 Å². The lowest BCUT2D eigenvalue weighted by Gasteiger charge is -2.09. The molecule has 7 nitrogen and oxygen atoms in total. The van der Waals surface area contributed by atoms with Crippen LogP contribution < -0.4 is 20.3 Å². The van der Waals surface area contributed by atoms with E-state index in [0.29, 0.717) is 17.1 Å². The summed E-state index contributed by atoms with van der Waals surface area (Å²) in [5, 5.41) is 9.69. The molecule has 3 rings (SSSR count). The van der Waals surface area contributed by atoms with E-state index in [1.807, 2.05) is 0 Å². The smallest absolute Gasteiger partial charge is 0.273 e. The normalized spacial score (nSPS) is 11.9. The SMILES string of the molecule is Cc1ccc(O)c(C(=O)NNC(=O)c2ccc3c(c2)OCO3)c1. The lowest BCUT2D eigenvalue weighted by atomic mass is 10.1. The van der Waals surface area contributed by atoms with Gasteiger partial charge in [0.15, 0.2) is 11.5 Å². The molecule has 0 unspecified atom stereocenters. The molecule has 0 aromatic heterocycles. The van der Waals surface area contributed by atoms with Gasteiger partial charge in [-0.2, -0.15) is 0 Å². The number of aromatic hydroxyl groups is 1. The first-order chi connectivity index (χ1) is 11.0. The summed E-state index contributed by atoms with van der Waals surface area (Å²) in [5.74, 6) is -0.245. The summed E-state index contributed by atoms with van der Waals surface area (Å²) >= 11 is 0. The number of phenols is 1. The maximum absolute atomic E-state index is 12.0. The fourth-order valence-electron chi connectivity index (χ4n) is 2.12. The zero-order chi connectivity index (χ0) is 16.4. The van der Waals surface area contributed by atoms with Gasteiger partial charge in [-0.25, -0.2) is 0 Å². The molecule has 118 valence electrons. The summed E-state index contributed by atoms with van der Waals surface area (Å²) in [7, 11) is 0. The number of aryl methyl sites for hydroxylation is 1. The van der Waals surface area contributed by atoms with Crippen LogP contribution in [0.4, 0.5) is 0 Å². The fourth-order valence-corrected chi connectivity index (χ4v) is 2.12. The number of hydrazine groups is 1. The maximum Gasteiger partial charge on any atom is 0.273 e. The van der Waals surface area contributed by atoms with Crippen LogP contribution in [-0.4, -0.2) is 23.7 Å². The third-order valence-corrected chi connectivity index (χ3v) is 3.32. The third kappa shape index (κ3) is 3.03. The molecule has 0 spiro atoms. The van der Waals surface area contributed by atoms with Crippen molar-refractivity contribution < 1.29 is 24.2 Å². The molecule has 1 aliphatic heterocycles. The second-order valence-corrected chi connectivity index (χ2v) is 5.00. The van der Waals surface area contributed by atoms with Crippen molar-refractivity contribution in [2.24, 2.45) is 0 Å². The van der Waals surface area contributed by atoms with Crippen molar-refractivity contribution in [1.82, 2.24) is 10.9 Å². The number of nitrogens with one attached hydrogen (secondary N) is 2. The number of carbonyl (C=O) groups is 2. The number of hydrogen-bond acceptors (Lipinski definition) is 5. The highest BCUT2D eigenvalue weighted by molar-refractivity contribution is 6.00. The van der Waals surface area contributed by atoms with E-state index in [-0.39, 0.29) is 18.1 Å². The van der Waals surface area contributed by atoms with Crippen LogP contribution in [0.2, 0.25) is 0 Å². The topological polar surface area (TPSA) is 96.9 Å². The van der Waals surface area contributed by atoms with Gasteiger partial charge in [0.05, 0.1) is 5.56 Å². The molecule has 0 bridgehead atoms. The van der Waals surface area contributed by atoms with Crippen LogP contribution in [0.1, 0.15) is 26.3 Å². The summed E-state index contributed by atoms with van der Waals surface area (Å²) in [6.07, 6.45) is 0. The van der Waals surface area contributed by atoms with E-state index in [4.69, 9.17) is 9.47 Å². The minimum atomic E-state index is -0.611. The number of phenolic OH excluding ortho intramolecular Hbond substituents is 1. The molecule has 3 N–H and O–H groups in total. The van der Waals surface area contributed by atoms with Crippen molar-refractivity contribution in [3.8, 4) is 17.2 Å². The Balaban J connectivity index is 1.67. The Labute approximate surface area is 131 Å². The first-order valence-corrected chi connectivity index (χ1v) is 6.84. The molecule has 23 heavy (non-hydrogen) atoms. The van der Waals surface area contributed by atoms with E-state index in [2.05, 4.69) is 10.9 Å². The van der Waals surface area contributed by atoms with E-state index < -0.39 is 11.8 Å². The van der Waals surface area contributed by atoms with Gasteiger partial charge in [0.25, 0.3) is 11.8 Å². The highest BCUT2D eigenvalue weighted by atomic mass is 16.7. The largest absolute Gasteiger partial charge is 0.507 e. The standard InChI is InChI=1S/C16H14N2O5/c1-9-2-4-12(19)11(6-9)16(21)18-17-15(20)10-3-5-13-14(7-10)23-8-22-13/h2-7,19H,8H2,1H3,(H,17,20)(H,18,21). The molecule has 1 aliphatic rings. The number of hydrogen-bond donors (Lipinski definition) is 3. The third-order valence-electron chi connectivity index (χ3n) is 3.32. The number of fused-ring (bicyclic) bond motifs is 1. The number of amides is 2. The number of carbonyl (C=O) groups excluding carboxylic acids is 2. The summed E-state index contributed by atoms with van der Waals surface area (Å²) in [5.41, 5.74) is 5.75. The molecule has 0 radical (unpaired) electrons. The van der Waals surface area contributed by atoms with Crippen molar-refractivity contribution in [3.63, 3.8) is 0 Å². The van der Waals surface area contributed by atoms with Gasteiger partial charge < -0.3 is 14.6 Å². The Morgan fingerprint density at radius 3 is 2.57 bits per heavy atom. The lowest BCUT2D eigenvalue weighted by Crippen LogP contribution is -2.41. The molecule has 1 heterocycles. The molecule has 0 atom stereocenters. The molecule has 2 amide bonds. The molecule has 0 saturated carbocycles. The summed E-state index contributed by atoms with van der Waals surface area (Å²) in [6.45, 7) is 1.91. The lowest BCUT2D eigenvalue weighted by molar-refractivity contribution is 0.0845.